The quantitative estimate of drug-likeness (QED) is 0.189. The minimum atomic E-state index is -2.36. The summed E-state index contributed by atoms with van der Waals surface area (Å²) in [7, 11) is 0. The van der Waals surface area contributed by atoms with Crippen molar-refractivity contribution in [3.8, 4) is 0 Å². The Labute approximate surface area is 380 Å². The van der Waals surface area contributed by atoms with Crippen LogP contribution in [-0.2, 0) is 43.0 Å². The lowest BCUT2D eigenvalue weighted by molar-refractivity contribution is -0.235. The van der Waals surface area contributed by atoms with Gasteiger partial charge in [0.1, 0.15) is 12.8 Å². The number of nitrogens with zero attached hydrogens (tertiary/aromatic N) is 1. The summed E-state index contributed by atoms with van der Waals surface area (Å²) in [5.74, 6) is -6.03. The van der Waals surface area contributed by atoms with E-state index in [1.165, 1.54) is 26.0 Å². The van der Waals surface area contributed by atoms with Crippen molar-refractivity contribution in [1.82, 2.24) is 10.2 Å². The van der Waals surface area contributed by atoms with Gasteiger partial charge in [-0.15, -0.1) is 0 Å². The molecule has 0 bridgehead atoms. The summed E-state index contributed by atoms with van der Waals surface area (Å²) in [4.78, 5) is 89.2. The van der Waals surface area contributed by atoms with Gasteiger partial charge < -0.3 is 30.3 Å². The smallest absolute Gasteiger partial charge is 0.253 e. The number of anilines is 1. The third kappa shape index (κ3) is 7.49. The first kappa shape index (κ1) is 47.0. The van der Waals surface area contributed by atoms with Crippen molar-refractivity contribution < 1.29 is 62.0 Å². The molecule has 0 unspecified atom stereocenters. The minimum absolute atomic E-state index is 0.00145. The molecule has 14 nitrogen and oxygen atoms in total. The first-order valence-electron chi connectivity index (χ1n) is 22.5. The summed E-state index contributed by atoms with van der Waals surface area (Å²) in [5, 5.41) is 27.6. The molecule has 1 saturated heterocycles. The fourth-order valence-corrected chi connectivity index (χ4v) is 11.8. The van der Waals surface area contributed by atoms with Gasteiger partial charge in [-0.25, -0.2) is 8.78 Å². The van der Waals surface area contributed by atoms with Crippen molar-refractivity contribution in [2.45, 2.75) is 115 Å². The van der Waals surface area contributed by atoms with E-state index in [4.69, 9.17) is 9.47 Å². The minimum Gasteiger partial charge on any atom is -0.390 e. The molecule has 2 aliphatic heterocycles. The Kier molecular flexibility index (Phi) is 12.3. The number of benzene rings is 2. The van der Waals surface area contributed by atoms with Crippen LogP contribution in [0.15, 0.2) is 84.5 Å². The molecule has 0 radical (unpaired) electrons. The number of fused-ring (bicyclic) bond motifs is 7. The second-order valence-electron chi connectivity index (χ2n) is 19.3. The molecule has 3 saturated carbocycles. The number of hydrogen-bond acceptors (Lipinski definition) is 11. The van der Waals surface area contributed by atoms with E-state index in [1.54, 1.807) is 38.1 Å². The summed E-state index contributed by atoms with van der Waals surface area (Å²) < 4.78 is 46.9. The number of Topliss-reactive ketones (excluding diaryl/α,β-unsaturated/α-hetero) is 2. The Morgan fingerprint density at radius 1 is 0.939 bits per heavy atom. The fraction of sp³-hybridized carbons (Fsp3) is 0.500. The van der Waals surface area contributed by atoms with E-state index in [-0.39, 0.29) is 55.9 Å². The summed E-state index contributed by atoms with van der Waals surface area (Å²) in [6.45, 7) is 7.34. The molecule has 0 aromatic heterocycles. The Morgan fingerprint density at radius 3 is 2.32 bits per heavy atom. The monoisotopic (exact) mass is 911 g/mol. The first-order valence-corrected chi connectivity index (χ1v) is 22.5. The van der Waals surface area contributed by atoms with Crippen molar-refractivity contribution in [2.24, 2.45) is 28.6 Å². The molecular weight excluding hydrogens is 857 g/mol. The Bertz CT molecular complexity index is 2460. The molecule has 13 atom stereocenters. The number of carbonyl (C=O) groups excluding carboxylic acids is 7. The van der Waals surface area contributed by atoms with E-state index >= 15 is 8.78 Å². The predicted molar refractivity (Wildman–Crippen MR) is 233 cm³/mol. The molecule has 4 amide bonds. The van der Waals surface area contributed by atoms with Crippen LogP contribution in [-0.4, -0.2) is 105 Å². The second-order valence-corrected chi connectivity index (χ2v) is 19.3. The van der Waals surface area contributed by atoms with E-state index in [0.29, 0.717) is 11.3 Å². The molecule has 8 rings (SSSR count). The first-order chi connectivity index (χ1) is 31.2. The molecule has 0 spiro atoms. The Morgan fingerprint density at radius 2 is 1.64 bits per heavy atom. The number of ketones is 3. The second kappa shape index (κ2) is 17.3. The van der Waals surface area contributed by atoms with Gasteiger partial charge in [-0.3, -0.25) is 38.5 Å². The standard InChI is InChI=1S/C50H55F2N3O11/c1-26(19-38(58)28(3)53-42(61)16-18-55-43(62)13-14-44(55)63)45(64)54-32-8-6-7-31(20-32)27(2)29-9-11-30(12-10-29)46-65-41-23-34-35-22-37(51)36-21-33(57)15-17-47(36,4)49(35,52)39(59)24-48(34,5)50(41,66-46)40(60)25-56/h6-15,17,20-21,26-28,34-35,37,39,41,46,56,59H,16,18-19,22-25H2,1-5H3,(H,53,61)(H,54,64)/t26-,27-,28+,34+,35+,37+,39+,41-,46-,47+,48+,49+,50-/m1/s1. The highest BCUT2D eigenvalue weighted by Crippen LogP contribution is 2.72. The van der Waals surface area contributed by atoms with Crippen LogP contribution in [0, 0.1) is 28.6 Å². The summed E-state index contributed by atoms with van der Waals surface area (Å²) in [6, 6.07) is 13.7. The third-order valence-corrected chi connectivity index (χ3v) is 15.6. The van der Waals surface area contributed by atoms with E-state index < -0.39 is 112 Å². The van der Waals surface area contributed by atoms with Crippen LogP contribution in [0.25, 0.3) is 0 Å². The van der Waals surface area contributed by atoms with Gasteiger partial charge in [-0.2, -0.15) is 0 Å². The van der Waals surface area contributed by atoms with Gasteiger partial charge in [0.25, 0.3) is 11.8 Å². The number of aliphatic hydroxyl groups is 2. The number of hydrogen-bond donors (Lipinski definition) is 4. The fourth-order valence-electron chi connectivity index (χ4n) is 11.8. The molecule has 6 aliphatic rings. The van der Waals surface area contributed by atoms with Crippen molar-refractivity contribution in [2.75, 3.05) is 18.5 Å². The van der Waals surface area contributed by atoms with E-state index in [1.807, 2.05) is 31.2 Å². The lowest BCUT2D eigenvalue weighted by atomic mass is 9.44. The highest BCUT2D eigenvalue weighted by molar-refractivity contribution is 6.13. The number of halogens is 2. The molecular formula is C50H55F2N3O11. The lowest BCUT2D eigenvalue weighted by Gasteiger charge is -2.63. The SMILES string of the molecule is C[C@H](c1ccc([C@@H]2O[C@@H]3C[C@H]4[C@@H]5C[C@H](F)C6=CC(=O)C=C[C@]6(C)[C@@]5(F)[C@@H](O)C[C@]4(C)[C@]3(C(=O)CO)O2)cc1)c1cccc(NC(=O)[C@H](C)CC(=O)[C@H](C)NC(=O)CCN2C(=O)C=CC2=O)c1. The molecule has 2 aromatic rings. The van der Waals surface area contributed by atoms with Gasteiger partial charge in [0.2, 0.25) is 11.8 Å². The summed E-state index contributed by atoms with van der Waals surface area (Å²) >= 11 is 0. The van der Waals surface area contributed by atoms with Crippen LogP contribution in [0.5, 0.6) is 0 Å². The van der Waals surface area contributed by atoms with E-state index in [9.17, 15) is 43.8 Å². The molecule has 2 heterocycles. The molecule has 4 fully saturated rings. The zero-order valence-corrected chi connectivity index (χ0v) is 37.4. The van der Waals surface area contributed by atoms with Crippen molar-refractivity contribution in [3.05, 3.63) is 101 Å². The number of allylic oxidation sites excluding steroid dienone is 4. The number of aliphatic hydroxyl groups excluding tert-OH is 2. The van der Waals surface area contributed by atoms with Crippen LogP contribution in [0.3, 0.4) is 0 Å². The van der Waals surface area contributed by atoms with E-state index in [2.05, 4.69) is 10.6 Å². The number of rotatable bonds is 14. The molecule has 16 heteroatoms. The maximum Gasteiger partial charge on any atom is 0.253 e. The number of imide groups is 1. The average molecular weight is 912 g/mol. The van der Waals surface area contributed by atoms with Gasteiger partial charge in [0.05, 0.1) is 18.2 Å². The molecule has 350 valence electrons. The number of carbonyl (C=O) groups is 7. The summed E-state index contributed by atoms with van der Waals surface area (Å²) in [6.07, 6.45) is -0.0884. The average Bonchev–Trinajstić information content (AvgIpc) is 3.91. The molecule has 66 heavy (non-hydrogen) atoms. The molecule has 2 aromatic carbocycles. The van der Waals surface area contributed by atoms with Crippen LogP contribution < -0.4 is 10.6 Å². The van der Waals surface area contributed by atoms with Gasteiger partial charge in [0.15, 0.2) is 34.9 Å². The molecule has 4 aliphatic carbocycles. The van der Waals surface area contributed by atoms with Crippen LogP contribution in [0.2, 0.25) is 0 Å². The summed E-state index contributed by atoms with van der Waals surface area (Å²) in [5.41, 5.74) is -4.13. The Hall–Kier alpha value is -5.55. The molecule has 4 N–H and O–H groups in total. The normalized spacial score (nSPS) is 34.4. The highest BCUT2D eigenvalue weighted by atomic mass is 19.1. The maximum atomic E-state index is 17.8. The zero-order chi connectivity index (χ0) is 47.7. The van der Waals surface area contributed by atoms with Crippen molar-refractivity contribution in [1.29, 1.82) is 0 Å². The van der Waals surface area contributed by atoms with Crippen LogP contribution in [0.1, 0.15) is 95.6 Å². The van der Waals surface area contributed by atoms with Gasteiger partial charge in [-0.05, 0) is 80.0 Å². The number of ether oxygens (including phenoxy) is 2. The number of amides is 4. The van der Waals surface area contributed by atoms with Crippen LogP contribution in [0.4, 0.5) is 14.5 Å². The number of alkyl halides is 2. The highest BCUT2D eigenvalue weighted by Gasteiger charge is 2.80. The topological polar surface area (TPSA) is 206 Å². The van der Waals surface area contributed by atoms with E-state index in [0.717, 1.165) is 34.3 Å². The largest absolute Gasteiger partial charge is 0.390 e. The number of nitrogens with one attached hydrogen (secondary N) is 2. The van der Waals surface area contributed by atoms with Gasteiger partial charge >= 0.3 is 0 Å². The van der Waals surface area contributed by atoms with Gasteiger partial charge in [-0.1, -0.05) is 63.2 Å². The predicted octanol–water partition coefficient (Wildman–Crippen LogP) is 4.83. The Balaban J connectivity index is 0.903. The van der Waals surface area contributed by atoms with Crippen molar-refractivity contribution >= 4 is 46.7 Å². The van der Waals surface area contributed by atoms with Gasteiger partial charge in [0, 0.05) is 71.4 Å². The third-order valence-electron chi connectivity index (χ3n) is 15.6. The lowest BCUT2D eigenvalue weighted by Crippen LogP contribution is -2.70. The van der Waals surface area contributed by atoms with Crippen LogP contribution >= 0.6 is 0 Å². The zero-order valence-electron chi connectivity index (χ0n) is 37.4. The maximum absolute atomic E-state index is 17.8. The van der Waals surface area contributed by atoms with Crippen molar-refractivity contribution in [3.63, 3.8) is 0 Å².